The number of hydrogen-bond acceptors (Lipinski definition) is 7. The van der Waals surface area contributed by atoms with E-state index in [4.69, 9.17) is 4.42 Å². The average molecular weight is 374 g/mol. The van der Waals surface area contributed by atoms with Gasteiger partial charge in [-0.15, -0.1) is 10.2 Å². The molecule has 24 heavy (non-hydrogen) atoms. The van der Waals surface area contributed by atoms with Gasteiger partial charge in [-0.25, -0.2) is 8.42 Å². The number of aromatic nitrogens is 2. The largest absolute Gasteiger partial charge is 0.416 e. The zero-order valence-electron chi connectivity index (χ0n) is 13.8. The third kappa shape index (κ3) is 4.50. The van der Waals surface area contributed by atoms with E-state index in [2.05, 4.69) is 15.5 Å². The Morgan fingerprint density at radius 3 is 2.75 bits per heavy atom. The number of amides is 1. The fourth-order valence-corrected chi connectivity index (χ4v) is 6.06. The Labute approximate surface area is 146 Å². The standard InChI is InChI=1S/C15H23N3O4S2/c1-15(7-8-24(20,21)10-15)16-12(19)9-23-14-18-17-13(22-14)11-5-3-2-4-6-11/h11H,2-10H2,1H3,(H,16,19)/t15-/m0/s1. The van der Waals surface area contributed by atoms with E-state index >= 15 is 0 Å². The summed E-state index contributed by atoms with van der Waals surface area (Å²) in [7, 11) is -3.04. The van der Waals surface area contributed by atoms with Gasteiger partial charge in [0.25, 0.3) is 5.22 Å². The highest BCUT2D eigenvalue weighted by atomic mass is 32.2. The molecule has 0 unspecified atom stereocenters. The van der Waals surface area contributed by atoms with E-state index in [0.717, 1.165) is 12.8 Å². The van der Waals surface area contributed by atoms with Crippen LogP contribution in [0.1, 0.15) is 57.3 Å². The Morgan fingerprint density at radius 2 is 2.08 bits per heavy atom. The predicted molar refractivity (Wildman–Crippen MR) is 90.7 cm³/mol. The van der Waals surface area contributed by atoms with Gasteiger partial charge in [0.15, 0.2) is 9.84 Å². The molecule has 1 atom stereocenters. The Bertz CT molecular complexity index is 697. The minimum atomic E-state index is -3.04. The minimum Gasteiger partial charge on any atom is -0.416 e. The molecule has 7 nitrogen and oxygen atoms in total. The van der Waals surface area contributed by atoms with Gasteiger partial charge in [0.05, 0.1) is 22.8 Å². The molecule has 0 spiro atoms. The van der Waals surface area contributed by atoms with Gasteiger partial charge >= 0.3 is 0 Å². The van der Waals surface area contributed by atoms with E-state index in [0.29, 0.717) is 23.5 Å². The molecule has 0 aromatic carbocycles. The highest BCUT2D eigenvalue weighted by Crippen LogP contribution is 2.33. The lowest BCUT2D eigenvalue weighted by Gasteiger charge is -2.23. The molecule has 9 heteroatoms. The molecule has 1 N–H and O–H groups in total. The Balaban J connectivity index is 1.49. The van der Waals surface area contributed by atoms with Crippen LogP contribution >= 0.6 is 11.8 Å². The molecule has 2 aliphatic rings. The van der Waals surface area contributed by atoms with E-state index < -0.39 is 15.4 Å². The second kappa shape index (κ2) is 7.03. The molecule has 1 amide bonds. The van der Waals surface area contributed by atoms with E-state index in [1.807, 2.05) is 0 Å². The average Bonchev–Trinajstić information content (AvgIpc) is 3.10. The van der Waals surface area contributed by atoms with Gasteiger partial charge in [-0.05, 0) is 26.2 Å². The van der Waals surface area contributed by atoms with Crippen LogP contribution in [0.5, 0.6) is 0 Å². The first kappa shape index (κ1) is 17.7. The van der Waals surface area contributed by atoms with Crippen molar-refractivity contribution in [3.8, 4) is 0 Å². The van der Waals surface area contributed by atoms with Crippen LogP contribution in [0.2, 0.25) is 0 Å². The first-order chi connectivity index (χ1) is 11.4. The summed E-state index contributed by atoms with van der Waals surface area (Å²) >= 11 is 1.19. The summed E-state index contributed by atoms with van der Waals surface area (Å²) in [5, 5.41) is 11.3. The molecule has 1 aromatic rings. The number of nitrogens with one attached hydrogen (secondary N) is 1. The Morgan fingerprint density at radius 1 is 1.33 bits per heavy atom. The smallest absolute Gasteiger partial charge is 0.277 e. The van der Waals surface area contributed by atoms with Crippen LogP contribution in [-0.4, -0.2) is 47.3 Å². The molecule has 3 rings (SSSR count). The summed E-state index contributed by atoms with van der Waals surface area (Å²) in [5.41, 5.74) is -0.668. The van der Waals surface area contributed by atoms with Crippen molar-refractivity contribution < 1.29 is 17.6 Å². The van der Waals surface area contributed by atoms with Crippen LogP contribution in [0.4, 0.5) is 0 Å². The second-order valence-electron chi connectivity index (χ2n) is 6.98. The van der Waals surface area contributed by atoms with E-state index in [1.54, 1.807) is 6.92 Å². The lowest BCUT2D eigenvalue weighted by atomic mass is 9.89. The molecule has 1 aliphatic heterocycles. The third-order valence-electron chi connectivity index (χ3n) is 4.65. The number of rotatable bonds is 5. The maximum Gasteiger partial charge on any atom is 0.277 e. The molecule has 1 saturated heterocycles. The Hall–Kier alpha value is -1.09. The number of carbonyl (C=O) groups excluding carboxylic acids is 1. The van der Waals surface area contributed by atoms with Crippen LogP contribution in [0.25, 0.3) is 0 Å². The first-order valence-corrected chi connectivity index (χ1v) is 11.1. The molecule has 0 radical (unpaired) electrons. The van der Waals surface area contributed by atoms with Crippen molar-refractivity contribution in [2.75, 3.05) is 17.3 Å². The van der Waals surface area contributed by atoms with E-state index in [9.17, 15) is 13.2 Å². The van der Waals surface area contributed by atoms with Gasteiger partial charge in [0.1, 0.15) is 0 Å². The summed E-state index contributed by atoms with van der Waals surface area (Å²) < 4.78 is 28.8. The zero-order chi connectivity index (χ0) is 17.2. The van der Waals surface area contributed by atoms with Crippen LogP contribution < -0.4 is 5.32 Å². The lowest BCUT2D eigenvalue weighted by molar-refractivity contribution is -0.120. The highest BCUT2D eigenvalue weighted by molar-refractivity contribution is 7.99. The van der Waals surface area contributed by atoms with Crippen molar-refractivity contribution in [3.63, 3.8) is 0 Å². The maximum absolute atomic E-state index is 12.1. The summed E-state index contributed by atoms with van der Waals surface area (Å²) in [4.78, 5) is 12.1. The minimum absolute atomic E-state index is 0.00277. The SMILES string of the molecule is C[C@]1(NC(=O)CSc2nnc(C3CCCCC3)o2)CCS(=O)(=O)C1. The van der Waals surface area contributed by atoms with Crippen molar-refractivity contribution in [2.45, 2.75) is 62.1 Å². The molecule has 1 saturated carbocycles. The second-order valence-corrected chi connectivity index (χ2v) is 10.1. The van der Waals surface area contributed by atoms with Gasteiger partial charge in [0, 0.05) is 5.92 Å². The van der Waals surface area contributed by atoms with Gasteiger partial charge in [-0.3, -0.25) is 4.79 Å². The molecule has 2 heterocycles. The summed E-state index contributed by atoms with van der Waals surface area (Å²) in [6.07, 6.45) is 6.27. The number of nitrogens with zero attached hydrogens (tertiary/aromatic N) is 2. The van der Waals surface area contributed by atoms with Crippen LogP contribution in [0, 0.1) is 0 Å². The highest BCUT2D eigenvalue weighted by Gasteiger charge is 2.39. The lowest BCUT2D eigenvalue weighted by Crippen LogP contribution is -2.47. The molecular formula is C15H23N3O4S2. The number of carbonyl (C=O) groups is 1. The van der Waals surface area contributed by atoms with Crippen LogP contribution in [0.3, 0.4) is 0 Å². The summed E-state index contributed by atoms with van der Waals surface area (Å²) in [5.74, 6) is 1.08. The van der Waals surface area contributed by atoms with Crippen molar-refractivity contribution in [1.29, 1.82) is 0 Å². The van der Waals surface area contributed by atoms with Crippen LogP contribution in [-0.2, 0) is 14.6 Å². The van der Waals surface area contributed by atoms with Crippen molar-refractivity contribution in [2.24, 2.45) is 0 Å². The normalized spacial score (nSPS) is 27.2. The van der Waals surface area contributed by atoms with Gasteiger partial charge in [0.2, 0.25) is 11.8 Å². The molecule has 0 bridgehead atoms. The van der Waals surface area contributed by atoms with Crippen molar-refractivity contribution in [3.05, 3.63) is 5.89 Å². The van der Waals surface area contributed by atoms with E-state index in [1.165, 1.54) is 31.0 Å². The number of hydrogen-bond donors (Lipinski definition) is 1. The van der Waals surface area contributed by atoms with Crippen molar-refractivity contribution in [1.82, 2.24) is 15.5 Å². The summed E-state index contributed by atoms with van der Waals surface area (Å²) in [6.45, 7) is 1.77. The molecule has 1 aliphatic carbocycles. The third-order valence-corrected chi connectivity index (χ3v) is 7.37. The summed E-state index contributed by atoms with van der Waals surface area (Å²) in [6, 6.07) is 0. The van der Waals surface area contributed by atoms with Gasteiger partial charge in [-0.1, -0.05) is 31.0 Å². The quantitative estimate of drug-likeness (QED) is 0.786. The monoisotopic (exact) mass is 373 g/mol. The molecular weight excluding hydrogens is 350 g/mol. The maximum atomic E-state index is 12.1. The van der Waals surface area contributed by atoms with Gasteiger partial charge < -0.3 is 9.73 Å². The van der Waals surface area contributed by atoms with E-state index in [-0.39, 0.29) is 23.2 Å². The van der Waals surface area contributed by atoms with Gasteiger partial charge in [-0.2, -0.15) is 0 Å². The molecule has 1 aromatic heterocycles. The zero-order valence-corrected chi connectivity index (χ0v) is 15.4. The number of thioether (sulfide) groups is 1. The number of sulfone groups is 1. The fraction of sp³-hybridized carbons (Fsp3) is 0.800. The molecule has 2 fully saturated rings. The fourth-order valence-electron chi connectivity index (χ4n) is 3.40. The predicted octanol–water partition coefficient (Wildman–Crippen LogP) is 1.90. The Kier molecular flexibility index (Phi) is 5.19. The topological polar surface area (TPSA) is 102 Å². The molecule has 134 valence electrons. The first-order valence-electron chi connectivity index (χ1n) is 8.33. The van der Waals surface area contributed by atoms with Crippen LogP contribution in [0.15, 0.2) is 9.64 Å². The van der Waals surface area contributed by atoms with Crippen molar-refractivity contribution >= 4 is 27.5 Å².